The van der Waals surface area contributed by atoms with E-state index in [9.17, 15) is 4.79 Å². The van der Waals surface area contributed by atoms with Crippen molar-refractivity contribution in [1.29, 1.82) is 0 Å². The third-order valence-corrected chi connectivity index (χ3v) is 6.77. The number of anilines is 2. The molecule has 30 heavy (non-hydrogen) atoms. The Bertz CT molecular complexity index is 959. The van der Waals surface area contributed by atoms with E-state index in [-0.39, 0.29) is 12.0 Å². The van der Waals surface area contributed by atoms with Gasteiger partial charge in [0.05, 0.1) is 6.10 Å². The van der Waals surface area contributed by atoms with Crippen LogP contribution in [0.5, 0.6) is 0 Å². The summed E-state index contributed by atoms with van der Waals surface area (Å²) < 4.78 is 6.47. The van der Waals surface area contributed by atoms with Crippen LogP contribution in [0, 0.1) is 0 Å². The van der Waals surface area contributed by atoms with E-state index in [1.165, 1.54) is 11.3 Å². The molecule has 2 N–H and O–H groups in total. The summed E-state index contributed by atoms with van der Waals surface area (Å²) in [5.74, 6) is 0.645. The summed E-state index contributed by atoms with van der Waals surface area (Å²) in [6.07, 6.45) is 2.90. The minimum Gasteiger partial charge on any atom is -0.376 e. The molecule has 1 aromatic heterocycles. The molecule has 1 saturated heterocycles. The number of amides is 1. The fourth-order valence-electron chi connectivity index (χ4n) is 3.25. The van der Waals surface area contributed by atoms with Crippen molar-refractivity contribution in [2.45, 2.75) is 29.7 Å². The third-order valence-electron chi connectivity index (χ3n) is 4.75. The third kappa shape index (κ3) is 5.81. The number of rotatable bonds is 9. The van der Waals surface area contributed by atoms with Crippen LogP contribution in [-0.2, 0) is 9.53 Å². The molecule has 0 radical (unpaired) electrons. The molecular formula is C22H24N4O2S2. The first kappa shape index (κ1) is 20.8. The molecule has 0 spiro atoms. The number of hydrogen-bond donors (Lipinski definition) is 2. The standard InChI is InChI=1S/C22H24N4O2S2/c27-20(24-19-11-5-4-10-18(19)16-7-2-1-3-8-16)12-14-29-22-26-25-21(30-22)23-15-17-9-6-13-28-17/h1-5,7-8,10-11,17H,6,9,12-15H2,(H,23,25)(H,24,27)/t17-/m1/s1. The van der Waals surface area contributed by atoms with Crippen LogP contribution in [-0.4, -0.2) is 41.1 Å². The van der Waals surface area contributed by atoms with Crippen LogP contribution >= 0.6 is 23.1 Å². The van der Waals surface area contributed by atoms with E-state index < -0.39 is 0 Å². The first-order valence-electron chi connectivity index (χ1n) is 10.0. The predicted molar refractivity (Wildman–Crippen MR) is 123 cm³/mol. The molecule has 6 nitrogen and oxygen atoms in total. The number of nitrogens with zero attached hydrogens (tertiary/aromatic N) is 2. The summed E-state index contributed by atoms with van der Waals surface area (Å²) in [5.41, 5.74) is 2.93. The molecule has 4 rings (SSSR count). The maximum absolute atomic E-state index is 12.5. The van der Waals surface area contributed by atoms with E-state index in [2.05, 4.69) is 20.8 Å². The van der Waals surface area contributed by atoms with Gasteiger partial charge in [0.15, 0.2) is 4.34 Å². The summed E-state index contributed by atoms with van der Waals surface area (Å²) in [6.45, 7) is 1.62. The number of benzene rings is 2. The highest BCUT2D eigenvalue weighted by Crippen LogP contribution is 2.29. The lowest BCUT2D eigenvalue weighted by atomic mass is 10.0. The summed E-state index contributed by atoms with van der Waals surface area (Å²) in [4.78, 5) is 12.5. The average Bonchev–Trinajstić information content (AvgIpc) is 3.45. The lowest BCUT2D eigenvalue weighted by Crippen LogP contribution is -2.18. The molecule has 156 valence electrons. The minimum absolute atomic E-state index is 0.00729. The molecule has 0 unspecified atom stereocenters. The SMILES string of the molecule is O=C(CCSc1nnc(NC[C@H]2CCCO2)s1)Nc1ccccc1-c1ccccc1. The Kier molecular flexibility index (Phi) is 7.34. The Morgan fingerprint density at radius 3 is 2.80 bits per heavy atom. The van der Waals surface area contributed by atoms with E-state index in [1.807, 2.05) is 54.6 Å². The molecule has 1 aliphatic heterocycles. The lowest BCUT2D eigenvalue weighted by molar-refractivity contribution is -0.115. The highest BCUT2D eigenvalue weighted by atomic mass is 32.2. The summed E-state index contributed by atoms with van der Waals surface area (Å²) >= 11 is 3.07. The fourth-order valence-corrected chi connectivity index (χ4v) is 5.02. The summed E-state index contributed by atoms with van der Waals surface area (Å²) in [5, 5.41) is 15.5. The Labute approximate surface area is 184 Å². The number of thioether (sulfide) groups is 1. The molecule has 1 aliphatic rings. The largest absolute Gasteiger partial charge is 0.376 e. The zero-order valence-corrected chi connectivity index (χ0v) is 18.2. The minimum atomic E-state index is -0.00729. The van der Waals surface area contributed by atoms with Crippen molar-refractivity contribution in [3.05, 3.63) is 54.6 Å². The van der Waals surface area contributed by atoms with Crippen LogP contribution in [0.3, 0.4) is 0 Å². The molecule has 0 saturated carbocycles. The molecule has 8 heteroatoms. The predicted octanol–water partition coefficient (Wildman–Crippen LogP) is 4.92. The van der Waals surface area contributed by atoms with Crippen molar-refractivity contribution < 1.29 is 9.53 Å². The van der Waals surface area contributed by atoms with Gasteiger partial charge in [0.2, 0.25) is 11.0 Å². The number of para-hydroxylation sites is 1. The van der Waals surface area contributed by atoms with E-state index in [0.717, 1.165) is 52.3 Å². The Balaban J connectivity index is 1.24. The second-order valence-electron chi connectivity index (χ2n) is 6.95. The number of hydrogen-bond acceptors (Lipinski definition) is 7. The van der Waals surface area contributed by atoms with Gasteiger partial charge in [0, 0.05) is 36.6 Å². The molecule has 3 aromatic rings. The Morgan fingerprint density at radius 2 is 1.97 bits per heavy atom. The van der Waals surface area contributed by atoms with Gasteiger partial charge in [-0.25, -0.2) is 0 Å². The van der Waals surface area contributed by atoms with Crippen molar-refractivity contribution in [2.75, 3.05) is 29.5 Å². The van der Waals surface area contributed by atoms with Crippen LogP contribution in [0.4, 0.5) is 10.8 Å². The highest BCUT2D eigenvalue weighted by molar-refractivity contribution is 8.01. The van der Waals surface area contributed by atoms with Crippen LogP contribution in [0.1, 0.15) is 19.3 Å². The Morgan fingerprint density at radius 1 is 1.13 bits per heavy atom. The summed E-state index contributed by atoms with van der Waals surface area (Å²) in [7, 11) is 0. The van der Waals surface area contributed by atoms with Gasteiger partial charge >= 0.3 is 0 Å². The maximum Gasteiger partial charge on any atom is 0.225 e. The van der Waals surface area contributed by atoms with E-state index in [0.29, 0.717) is 12.2 Å². The number of aromatic nitrogens is 2. The molecule has 1 fully saturated rings. The number of carbonyl (C=O) groups is 1. The topological polar surface area (TPSA) is 76.1 Å². The van der Waals surface area contributed by atoms with Crippen LogP contribution in [0.2, 0.25) is 0 Å². The van der Waals surface area contributed by atoms with Crippen molar-refractivity contribution in [3.63, 3.8) is 0 Å². The maximum atomic E-state index is 12.5. The van der Waals surface area contributed by atoms with Gasteiger partial charge in [-0.3, -0.25) is 4.79 Å². The first-order chi connectivity index (χ1) is 14.8. The zero-order valence-electron chi connectivity index (χ0n) is 16.5. The van der Waals surface area contributed by atoms with E-state index >= 15 is 0 Å². The van der Waals surface area contributed by atoms with Gasteiger partial charge in [-0.15, -0.1) is 10.2 Å². The molecule has 2 heterocycles. The molecule has 0 aliphatic carbocycles. The van der Waals surface area contributed by atoms with Crippen LogP contribution in [0.15, 0.2) is 58.9 Å². The Hall–Kier alpha value is -2.42. The van der Waals surface area contributed by atoms with Crippen molar-refractivity contribution >= 4 is 39.8 Å². The van der Waals surface area contributed by atoms with Gasteiger partial charge in [0.25, 0.3) is 0 Å². The summed E-state index contributed by atoms with van der Waals surface area (Å²) in [6, 6.07) is 17.9. The van der Waals surface area contributed by atoms with Gasteiger partial charge in [-0.1, -0.05) is 71.6 Å². The zero-order chi connectivity index (χ0) is 20.6. The van der Waals surface area contributed by atoms with Crippen molar-refractivity contribution in [2.24, 2.45) is 0 Å². The molecular weight excluding hydrogens is 416 g/mol. The first-order valence-corrected chi connectivity index (χ1v) is 11.8. The fraction of sp³-hybridized carbons (Fsp3) is 0.318. The quantitative estimate of drug-likeness (QED) is 0.460. The molecule has 0 bridgehead atoms. The normalized spacial score (nSPS) is 15.8. The van der Waals surface area contributed by atoms with E-state index in [4.69, 9.17) is 4.74 Å². The smallest absolute Gasteiger partial charge is 0.225 e. The second kappa shape index (κ2) is 10.6. The number of nitrogens with one attached hydrogen (secondary N) is 2. The van der Waals surface area contributed by atoms with Gasteiger partial charge in [-0.05, 0) is 24.5 Å². The lowest BCUT2D eigenvalue weighted by Gasteiger charge is -2.11. The van der Waals surface area contributed by atoms with Gasteiger partial charge in [-0.2, -0.15) is 0 Å². The van der Waals surface area contributed by atoms with Crippen LogP contribution < -0.4 is 10.6 Å². The van der Waals surface area contributed by atoms with Crippen LogP contribution in [0.25, 0.3) is 11.1 Å². The average molecular weight is 441 g/mol. The van der Waals surface area contributed by atoms with Crippen molar-refractivity contribution in [3.8, 4) is 11.1 Å². The number of carbonyl (C=O) groups excluding carboxylic acids is 1. The van der Waals surface area contributed by atoms with E-state index in [1.54, 1.807) is 11.8 Å². The molecule has 1 atom stereocenters. The highest BCUT2D eigenvalue weighted by Gasteiger charge is 2.16. The molecule has 2 aromatic carbocycles. The van der Waals surface area contributed by atoms with Gasteiger partial charge < -0.3 is 15.4 Å². The van der Waals surface area contributed by atoms with Gasteiger partial charge in [0.1, 0.15) is 0 Å². The second-order valence-corrected chi connectivity index (χ2v) is 9.27. The monoisotopic (exact) mass is 440 g/mol. The number of ether oxygens (including phenoxy) is 1. The van der Waals surface area contributed by atoms with Crippen molar-refractivity contribution in [1.82, 2.24) is 10.2 Å². The molecule has 1 amide bonds.